The minimum absolute atomic E-state index is 0.382. The number of benzene rings is 1. The largest absolute Gasteiger partial charge is 0.494 e. The lowest BCUT2D eigenvalue weighted by Crippen LogP contribution is -2.38. The molecule has 1 aromatic carbocycles. The van der Waals surface area contributed by atoms with E-state index in [1.807, 2.05) is 38.1 Å². The number of hydrogen-bond donors (Lipinski definition) is 2. The molecule has 4 nitrogen and oxygen atoms in total. The normalized spacial score (nSPS) is 12.4. The number of carboxylic acid groups (broad SMARTS) is 1. The lowest BCUT2D eigenvalue weighted by Gasteiger charge is -2.16. The van der Waals surface area contributed by atoms with Crippen LogP contribution in [-0.2, 0) is 4.79 Å². The fourth-order valence-electron chi connectivity index (χ4n) is 2.14. The van der Waals surface area contributed by atoms with E-state index in [9.17, 15) is 4.79 Å². The third-order valence-corrected chi connectivity index (χ3v) is 3.83. The molecule has 0 fully saturated rings. The van der Waals surface area contributed by atoms with Gasteiger partial charge < -0.3 is 15.2 Å². The van der Waals surface area contributed by atoms with Gasteiger partial charge in [-0.25, -0.2) is 0 Å². The monoisotopic (exact) mass is 371 g/mol. The summed E-state index contributed by atoms with van der Waals surface area (Å²) in [6.07, 6.45) is 3.63. The third kappa shape index (κ3) is 8.39. The standard InChI is InChI=1S/C17H26BrNO3/c1-13(2)12-16(17(20)21)19-10-4-3-5-11-22-15-8-6-14(18)7-9-15/h6-9,13,16,19H,3-5,10-12H2,1-2H3,(H,20,21). The van der Waals surface area contributed by atoms with Gasteiger partial charge in [0.15, 0.2) is 0 Å². The van der Waals surface area contributed by atoms with Crippen molar-refractivity contribution in [3.63, 3.8) is 0 Å². The molecule has 0 amide bonds. The molecule has 0 saturated heterocycles. The highest BCUT2D eigenvalue weighted by molar-refractivity contribution is 9.10. The molecule has 2 N–H and O–H groups in total. The molecule has 0 radical (unpaired) electrons. The molecule has 0 spiro atoms. The fraction of sp³-hybridized carbons (Fsp3) is 0.588. The second kappa shape index (κ2) is 10.6. The summed E-state index contributed by atoms with van der Waals surface area (Å²) in [4.78, 5) is 11.1. The fourth-order valence-corrected chi connectivity index (χ4v) is 2.41. The number of unbranched alkanes of at least 4 members (excludes halogenated alkanes) is 2. The molecule has 0 heterocycles. The van der Waals surface area contributed by atoms with E-state index in [0.29, 0.717) is 18.9 Å². The van der Waals surface area contributed by atoms with E-state index in [4.69, 9.17) is 9.84 Å². The van der Waals surface area contributed by atoms with Gasteiger partial charge in [0, 0.05) is 4.47 Å². The summed E-state index contributed by atoms with van der Waals surface area (Å²) < 4.78 is 6.69. The predicted molar refractivity (Wildman–Crippen MR) is 92.4 cm³/mol. The first-order chi connectivity index (χ1) is 10.5. The van der Waals surface area contributed by atoms with Crippen molar-refractivity contribution in [2.45, 2.75) is 45.6 Å². The summed E-state index contributed by atoms with van der Waals surface area (Å²) >= 11 is 3.39. The van der Waals surface area contributed by atoms with Crippen molar-refractivity contribution in [3.05, 3.63) is 28.7 Å². The zero-order valence-electron chi connectivity index (χ0n) is 13.3. The smallest absolute Gasteiger partial charge is 0.320 e. The minimum atomic E-state index is -0.757. The molecule has 0 aromatic heterocycles. The van der Waals surface area contributed by atoms with Crippen molar-refractivity contribution in [2.75, 3.05) is 13.2 Å². The maximum absolute atomic E-state index is 11.1. The van der Waals surface area contributed by atoms with Gasteiger partial charge in [-0.1, -0.05) is 29.8 Å². The molecular formula is C17H26BrNO3. The minimum Gasteiger partial charge on any atom is -0.494 e. The van der Waals surface area contributed by atoms with Crippen LogP contribution in [-0.4, -0.2) is 30.3 Å². The van der Waals surface area contributed by atoms with Crippen molar-refractivity contribution < 1.29 is 14.6 Å². The average Bonchev–Trinajstić information content (AvgIpc) is 2.46. The van der Waals surface area contributed by atoms with Crippen LogP contribution >= 0.6 is 15.9 Å². The molecule has 0 bridgehead atoms. The molecule has 0 saturated carbocycles. The molecule has 5 heteroatoms. The van der Waals surface area contributed by atoms with E-state index < -0.39 is 12.0 Å². The van der Waals surface area contributed by atoms with Crippen molar-refractivity contribution in [1.29, 1.82) is 0 Å². The second-order valence-corrected chi connectivity index (χ2v) is 6.75. The van der Waals surface area contributed by atoms with Gasteiger partial charge in [0.25, 0.3) is 0 Å². The van der Waals surface area contributed by atoms with Crippen LogP contribution in [0, 0.1) is 5.92 Å². The molecule has 22 heavy (non-hydrogen) atoms. The van der Waals surface area contributed by atoms with Gasteiger partial charge in [-0.05, 0) is 62.4 Å². The van der Waals surface area contributed by atoms with E-state index in [1.54, 1.807) is 0 Å². The Morgan fingerprint density at radius 2 is 1.91 bits per heavy atom. The maximum atomic E-state index is 11.1. The molecule has 1 rings (SSSR count). The van der Waals surface area contributed by atoms with Crippen molar-refractivity contribution >= 4 is 21.9 Å². The van der Waals surface area contributed by atoms with Gasteiger partial charge in [-0.15, -0.1) is 0 Å². The van der Waals surface area contributed by atoms with Crippen molar-refractivity contribution in [1.82, 2.24) is 5.32 Å². The summed E-state index contributed by atoms with van der Waals surface area (Å²) in [5.74, 6) is 0.504. The Morgan fingerprint density at radius 3 is 2.50 bits per heavy atom. The quantitative estimate of drug-likeness (QED) is 0.575. The number of halogens is 1. The molecule has 1 aromatic rings. The zero-order chi connectivity index (χ0) is 16.4. The van der Waals surface area contributed by atoms with E-state index in [1.165, 1.54) is 0 Å². The van der Waals surface area contributed by atoms with E-state index in [-0.39, 0.29) is 0 Å². The van der Waals surface area contributed by atoms with Gasteiger partial charge in [0.1, 0.15) is 11.8 Å². The van der Waals surface area contributed by atoms with Crippen LogP contribution < -0.4 is 10.1 Å². The molecule has 124 valence electrons. The molecular weight excluding hydrogens is 346 g/mol. The van der Waals surface area contributed by atoms with Gasteiger partial charge >= 0.3 is 5.97 Å². The van der Waals surface area contributed by atoms with Crippen LogP contribution in [0.5, 0.6) is 5.75 Å². The Bertz CT molecular complexity index is 434. The van der Waals surface area contributed by atoms with Crippen LogP contribution in [0.1, 0.15) is 39.5 Å². The van der Waals surface area contributed by atoms with E-state index in [2.05, 4.69) is 21.2 Å². The highest BCUT2D eigenvalue weighted by atomic mass is 79.9. The summed E-state index contributed by atoms with van der Waals surface area (Å²) in [5, 5.41) is 12.2. The summed E-state index contributed by atoms with van der Waals surface area (Å²) in [7, 11) is 0. The summed E-state index contributed by atoms with van der Waals surface area (Å²) in [6, 6.07) is 7.36. The topological polar surface area (TPSA) is 58.6 Å². The highest BCUT2D eigenvalue weighted by Gasteiger charge is 2.17. The van der Waals surface area contributed by atoms with Gasteiger partial charge in [-0.3, -0.25) is 4.79 Å². The number of carbonyl (C=O) groups is 1. The van der Waals surface area contributed by atoms with Crippen LogP contribution in [0.15, 0.2) is 28.7 Å². The predicted octanol–water partition coefficient (Wildman–Crippen LogP) is 4.09. The van der Waals surface area contributed by atoms with Crippen LogP contribution in [0.3, 0.4) is 0 Å². The summed E-state index contributed by atoms with van der Waals surface area (Å²) in [6.45, 7) is 5.51. The Morgan fingerprint density at radius 1 is 1.23 bits per heavy atom. The lowest BCUT2D eigenvalue weighted by molar-refractivity contribution is -0.139. The first-order valence-electron chi connectivity index (χ1n) is 7.83. The molecule has 0 aliphatic carbocycles. The molecule has 1 unspecified atom stereocenters. The molecule has 0 aliphatic rings. The van der Waals surface area contributed by atoms with Crippen molar-refractivity contribution in [2.24, 2.45) is 5.92 Å². The second-order valence-electron chi connectivity index (χ2n) is 5.84. The first-order valence-corrected chi connectivity index (χ1v) is 8.63. The Hall–Kier alpha value is -1.07. The lowest BCUT2D eigenvalue weighted by atomic mass is 10.0. The summed E-state index contributed by atoms with van der Waals surface area (Å²) in [5.41, 5.74) is 0. The first kappa shape index (κ1) is 19.0. The zero-order valence-corrected chi connectivity index (χ0v) is 14.9. The highest BCUT2D eigenvalue weighted by Crippen LogP contribution is 2.16. The van der Waals surface area contributed by atoms with Gasteiger partial charge in [0.2, 0.25) is 0 Å². The number of aliphatic carboxylic acids is 1. The Kier molecular flexibility index (Phi) is 9.16. The van der Waals surface area contributed by atoms with Gasteiger partial charge in [0.05, 0.1) is 6.61 Å². The number of nitrogens with one attached hydrogen (secondary N) is 1. The van der Waals surface area contributed by atoms with Crippen molar-refractivity contribution in [3.8, 4) is 5.75 Å². The average molecular weight is 372 g/mol. The maximum Gasteiger partial charge on any atom is 0.320 e. The number of hydrogen-bond acceptors (Lipinski definition) is 3. The SMILES string of the molecule is CC(C)CC(NCCCCCOc1ccc(Br)cc1)C(=O)O. The number of rotatable bonds is 11. The van der Waals surface area contributed by atoms with Crippen LogP contribution in [0.4, 0.5) is 0 Å². The number of ether oxygens (including phenoxy) is 1. The molecule has 1 atom stereocenters. The molecule has 0 aliphatic heterocycles. The number of carboxylic acids is 1. The Balaban J connectivity index is 2.07. The third-order valence-electron chi connectivity index (χ3n) is 3.30. The van der Waals surface area contributed by atoms with E-state index >= 15 is 0 Å². The van der Waals surface area contributed by atoms with Gasteiger partial charge in [-0.2, -0.15) is 0 Å². The van der Waals surface area contributed by atoms with Crippen LogP contribution in [0.2, 0.25) is 0 Å². The van der Waals surface area contributed by atoms with Crippen LogP contribution in [0.25, 0.3) is 0 Å². The van der Waals surface area contributed by atoms with E-state index in [0.717, 1.165) is 36.0 Å². The Labute approximate surface area is 141 Å².